The van der Waals surface area contributed by atoms with Crippen molar-refractivity contribution in [2.45, 2.75) is 4.90 Å². The van der Waals surface area contributed by atoms with Crippen molar-refractivity contribution < 1.29 is 27.4 Å². The number of hydrazone groups is 1. The molecule has 9 nitrogen and oxygen atoms in total. The summed E-state index contributed by atoms with van der Waals surface area (Å²) in [5.41, 5.74) is 3.15. The third-order valence-corrected chi connectivity index (χ3v) is 6.83. The summed E-state index contributed by atoms with van der Waals surface area (Å²) in [4.78, 5) is 12.7. The van der Waals surface area contributed by atoms with Crippen molar-refractivity contribution in [2.75, 3.05) is 32.2 Å². The topological polar surface area (TPSA) is 107 Å². The molecule has 0 radical (unpaired) electrons. The van der Waals surface area contributed by atoms with Gasteiger partial charge in [-0.05, 0) is 42.5 Å². The molecule has 0 saturated heterocycles. The Kier molecular flexibility index (Phi) is 8.56. The number of amides is 1. The van der Waals surface area contributed by atoms with Gasteiger partial charge in [-0.2, -0.15) is 5.10 Å². The highest BCUT2D eigenvalue weighted by atomic mass is 35.5. The maximum absolute atomic E-state index is 13.3. The summed E-state index contributed by atoms with van der Waals surface area (Å²) in [6, 6.07) is 17.3. The molecule has 0 atom stereocenters. The highest BCUT2D eigenvalue weighted by Gasteiger charge is 2.27. The molecule has 0 saturated carbocycles. The maximum Gasteiger partial charge on any atom is 0.264 e. The van der Waals surface area contributed by atoms with Crippen molar-refractivity contribution in [3.05, 3.63) is 77.3 Å². The Labute approximate surface area is 208 Å². The molecule has 35 heavy (non-hydrogen) atoms. The van der Waals surface area contributed by atoms with Gasteiger partial charge in [0.15, 0.2) is 11.5 Å². The fraction of sp³-hybridized carbons (Fsp3) is 0.167. The molecule has 0 heterocycles. The predicted molar refractivity (Wildman–Crippen MR) is 134 cm³/mol. The number of carbonyl (C=O) groups excluding carboxylic acids is 1. The second-order valence-electron chi connectivity index (χ2n) is 7.06. The fourth-order valence-corrected chi connectivity index (χ4v) is 4.80. The summed E-state index contributed by atoms with van der Waals surface area (Å²) in [6.45, 7) is -0.524. The Hall–Kier alpha value is -3.76. The number of methoxy groups -OCH3 is 3. The van der Waals surface area contributed by atoms with Crippen LogP contribution in [0.4, 0.5) is 5.69 Å². The lowest BCUT2D eigenvalue weighted by atomic mass is 10.2. The average Bonchev–Trinajstić information content (AvgIpc) is 2.87. The van der Waals surface area contributed by atoms with Crippen LogP contribution in [0.3, 0.4) is 0 Å². The van der Waals surface area contributed by atoms with Gasteiger partial charge in [0.05, 0.1) is 38.1 Å². The maximum atomic E-state index is 13.3. The summed E-state index contributed by atoms with van der Waals surface area (Å²) in [5, 5.41) is 4.27. The molecule has 11 heteroatoms. The van der Waals surface area contributed by atoms with E-state index >= 15 is 0 Å². The van der Waals surface area contributed by atoms with Crippen molar-refractivity contribution in [1.29, 1.82) is 0 Å². The van der Waals surface area contributed by atoms with Gasteiger partial charge in [-0.1, -0.05) is 35.9 Å². The number of hydrogen-bond donors (Lipinski definition) is 1. The van der Waals surface area contributed by atoms with Crippen molar-refractivity contribution in [3.63, 3.8) is 0 Å². The lowest BCUT2D eigenvalue weighted by molar-refractivity contribution is -0.119. The fourth-order valence-electron chi connectivity index (χ4n) is 3.19. The standard InChI is InChI=1S/C24H24ClN3O6S/c1-32-21-12-17(13-22(33-2)24(21)34-3)15-26-27-23(29)16-28(19-9-7-8-18(25)14-19)35(30,31)20-10-5-4-6-11-20/h4-15H,16H2,1-3H3,(H,27,29)/b26-15-. The van der Waals surface area contributed by atoms with E-state index in [9.17, 15) is 13.2 Å². The highest BCUT2D eigenvalue weighted by molar-refractivity contribution is 7.92. The van der Waals surface area contributed by atoms with E-state index in [0.29, 0.717) is 27.8 Å². The molecule has 184 valence electrons. The number of nitrogens with zero attached hydrogens (tertiary/aromatic N) is 2. The SMILES string of the molecule is COc1cc(/C=N\NC(=O)CN(c2cccc(Cl)c2)S(=O)(=O)c2ccccc2)cc(OC)c1OC. The minimum Gasteiger partial charge on any atom is -0.493 e. The smallest absolute Gasteiger partial charge is 0.264 e. The predicted octanol–water partition coefficient (Wildman–Crippen LogP) is 3.71. The molecule has 3 rings (SSSR count). The molecule has 0 fully saturated rings. The third-order valence-electron chi connectivity index (χ3n) is 4.80. The first kappa shape index (κ1) is 25.9. The zero-order valence-corrected chi connectivity index (χ0v) is 20.8. The van der Waals surface area contributed by atoms with E-state index in [-0.39, 0.29) is 10.6 Å². The van der Waals surface area contributed by atoms with Crippen LogP contribution in [0.15, 0.2) is 76.7 Å². The average molecular weight is 518 g/mol. The van der Waals surface area contributed by atoms with Crippen LogP contribution in [-0.2, 0) is 14.8 Å². The molecular formula is C24H24ClN3O6S. The molecular weight excluding hydrogens is 494 g/mol. The van der Waals surface area contributed by atoms with E-state index in [1.54, 1.807) is 48.5 Å². The number of halogens is 1. The summed E-state index contributed by atoms with van der Waals surface area (Å²) < 4.78 is 43.5. The van der Waals surface area contributed by atoms with E-state index in [1.165, 1.54) is 45.7 Å². The van der Waals surface area contributed by atoms with Crippen LogP contribution in [0.25, 0.3) is 0 Å². The van der Waals surface area contributed by atoms with Gasteiger partial charge in [0.1, 0.15) is 6.54 Å². The minimum atomic E-state index is -4.05. The van der Waals surface area contributed by atoms with Crippen molar-refractivity contribution in [1.82, 2.24) is 5.43 Å². The summed E-state index contributed by atoms with van der Waals surface area (Å²) in [7, 11) is 0.403. The third kappa shape index (κ3) is 6.23. The monoisotopic (exact) mass is 517 g/mol. The Morgan fingerprint density at radius 3 is 2.20 bits per heavy atom. The van der Waals surface area contributed by atoms with Gasteiger partial charge in [0, 0.05) is 10.6 Å². The van der Waals surface area contributed by atoms with Gasteiger partial charge < -0.3 is 14.2 Å². The normalized spacial score (nSPS) is 11.2. The molecule has 3 aromatic carbocycles. The van der Waals surface area contributed by atoms with E-state index in [0.717, 1.165) is 4.31 Å². The number of hydrogen-bond acceptors (Lipinski definition) is 7. The van der Waals surface area contributed by atoms with E-state index in [1.807, 2.05) is 0 Å². The quantitative estimate of drug-likeness (QED) is 0.324. The van der Waals surface area contributed by atoms with Crippen LogP contribution in [0.5, 0.6) is 17.2 Å². The van der Waals surface area contributed by atoms with Crippen LogP contribution in [0, 0.1) is 0 Å². The Morgan fingerprint density at radius 1 is 0.971 bits per heavy atom. The molecule has 0 aliphatic carbocycles. The van der Waals surface area contributed by atoms with Gasteiger partial charge in [0.2, 0.25) is 5.75 Å². The van der Waals surface area contributed by atoms with Crippen LogP contribution in [0.1, 0.15) is 5.56 Å². The van der Waals surface area contributed by atoms with E-state index in [2.05, 4.69) is 10.5 Å². The number of carbonyl (C=O) groups is 1. The largest absolute Gasteiger partial charge is 0.493 e. The molecule has 0 aromatic heterocycles. The Balaban J connectivity index is 1.83. The first-order chi connectivity index (χ1) is 16.8. The van der Waals surface area contributed by atoms with Crippen molar-refractivity contribution in [2.24, 2.45) is 5.10 Å². The summed E-state index contributed by atoms with van der Waals surface area (Å²) in [6.07, 6.45) is 1.37. The molecule has 0 aliphatic rings. The van der Waals surface area contributed by atoms with Crippen molar-refractivity contribution >= 4 is 39.4 Å². The van der Waals surface area contributed by atoms with Gasteiger partial charge in [-0.15, -0.1) is 0 Å². The number of sulfonamides is 1. The zero-order chi connectivity index (χ0) is 25.4. The summed E-state index contributed by atoms with van der Waals surface area (Å²) in [5.74, 6) is 0.592. The summed E-state index contributed by atoms with van der Waals surface area (Å²) >= 11 is 6.07. The molecule has 0 aliphatic heterocycles. The Bertz CT molecular complexity index is 1290. The van der Waals surface area contributed by atoms with Gasteiger partial charge >= 0.3 is 0 Å². The van der Waals surface area contributed by atoms with Crippen LogP contribution in [-0.4, -0.2) is 48.4 Å². The zero-order valence-electron chi connectivity index (χ0n) is 19.3. The van der Waals surface area contributed by atoms with Gasteiger partial charge in [-0.3, -0.25) is 9.10 Å². The number of rotatable bonds is 10. The molecule has 0 spiro atoms. The second kappa shape index (κ2) is 11.6. The highest BCUT2D eigenvalue weighted by Crippen LogP contribution is 2.37. The van der Waals surface area contributed by atoms with Crippen LogP contribution >= 0.6 is 11.6 Å². The number of nitrogens with one attached hydrogen (secondary N) is 1. The Morgan fingerprint density at radius 2 is 1.63 bits per heavy atom. The van der Waals surface area contributed by atoms with E-state index in [4.69, 9.17) is 25.8 Å². The molecule has 3 aromatic rings. The minimum absolute atomic E-state index is 0.0358. The first-order valence-electron chi connectivity index (χ1n) is 10.3. The van der Waals surface area contributed by atoms with Crippen LogP contribution in [0.2, 0.25) is 5.02 Å². The second-order valence-corrected chi connectivity index (χ2v) is 9.36. The number of anilines is 1. The lowest BCUT2D eigenvalue weighted by Crippen LogP contribution is -2.39. The number of benzene rings is 3. The van der Waals surface area contributed by atoms with Gasteiger partial charge in [-0.25, -0.2) is 13.8 Å². The molecule has 1 amide bonds. The number of ether oxygens (including phenoxy) is 3. The van der Waals surface area contributed by atoms with Gasteiger partial charge in [0.25, 0.3) is 15.9 Å². The van der Waals surface area contributed by atoms with E-state index < -0.39 is 22.5 Å². The van der Waals surface area contributed by atoms with Crippen LogP contribution < -0.4 is 23.9 Å². The molecule has 1 N–H and O–H groups in total. The molecule has 0 bridgehead atoms. The lowest BCUT2D eigenvalue weighted by Gasteiger charge is -2.23. The first-order valence-corrected chi connectivity index (χ1v) is 12.1. The van der Waals surface area contributed by atoms with Crippen molar-refractivity contribution in [3.8, 4) is 17.2 Å². The molecule has 0 unspecified atom stereocenters.